The van der Waals surface area contributed by atoms with Gasteiger partial charge in [0.1, 0.15) is 34.0 Å². The van der Waals surface area contributed by atoms with E-state index in [9.17, 15) is 14.7 Å². The highest BCUT2D eigenvalue weighted by atomic mass is 35.5. The Bertz CT molecular complexity index is 1180. The van der Waals surface area contributed by atoms with Crippen molar-refractivity contribution in [3.63, 3.8) is 0 Å². The van der Waals surface area contributed by atoms with Crippen molar-refractivity contribution >= 4 is 75.8 Å². The maximum Gasteiger partial charge on any atom is 0.352 e. The molecule has 1 fully saturated rings. The van der Waals surface area contributed by atoms with Crippen LogP contribution in [-0.4, -0.2) is 66.5 Å². The number of carbonyl (C=O) groups excluding carboxylic acids is 1. The number of aliphatic hydroxyl groups is 1. The van der Waals surface area contributed by atoms with Crippen LogP contribution >= 0.6 is 58.9 Å². The number of hydrogen-bond donors (Lipinski definition) is 3. The SMILES string of the molecule is O=C(O)C1=C(CSc2cc[n+](CCO)cc2)CS[C@@H]2[C@H](NC(=S)Cc3cc(Cl)nc(Cl)c3)C(=O)N12. The molecule has 2 aliphatic rings. The molecule has 1 saturated heterocycles. The monoisotopic (exact) mass is 571 g/mol. The molecule has 184 valence electrons. The number of thiocarbonyl (C=S) groups is 1. The van der Waals surface area contributed by atoms with E-state index in [-0.39, 0.29) is 33.9 Å². The zero-order chi connectivity index (χ0) is 25.1. The number of nitrogens with zero attached hydrogens (tertiary/aromatic N) is 3. The first kappa shape index (κ1) is 26.2. The van der Waals surface area contributed by atoms with Crippen LogP contribution in [0.1, 0.15) is 5.56 Å². The number of amides is 1. The molecule has 0 unspecified atom stereocenters. The molecular weight excluding hydrogens is 551 g/mol. The van der Waals surface area contributed by atoms with Crippen LogP contribution in [0.15, 0.2) is 52.8 Å². The minimum Gasteiger partial charge on any atom is -0.477 e. The Morgan fingerprint density at radius 2 is 2.00 bits per heavy atom. The van der Waals surface area contributed by atoms with E-state index < -0.39 is 12.0 Å². The van der Waals surface area contributed by atoms with E-state index in [1.165, 1.54) is 28.4 Å². The van der Waals surface area contributed by atoms with Crippen LogP contribution in [0.25, 0.3) is 0 Å². The number of nitrogens with one attached hydrogen (secondary N) is 1. The van der Waals surface area contributed by atoms with Crippen molar-refractivity contribution in [3.05, 3.63) is 63.8 Å². The van der Waals surface area contributed by atoms with Gasteiger partial charge in [-0.25, -0.2) is 14.3 Å². The fraction of sp³-hybridized carbons (Fsp3) is 0.318. The number of pyridine rings is 2. The molecule has 4 rings (SSSR count). The van der Waals surface area contributed by atoms with Crippen LogP contribution in [0.4, 0.5) is 0 Å². The standard InChI is InChI=1S/C22H20Cl2N4O4S3/c23-15-7-12(8-16(24)25-15)9-17(33)26-18-20(30)28-19(22(31)32)13(11-35-21(18)28)10-34-14-1-3-27(4-2-14)5-6-29/h1-4,7-8,18,21,29H,5-6,9-11H2,(H-,26,31,32,33)/p+1/t18-,21-/m1/s1. The maximum absolute atomic E-state index is 12.9. The van der Waals surface area contributed by atoms with Crippen LogP contribution in [0.3, 0.4) is 0 Å². The summed E-state index contributed by atoms with van der Waals surface area (Å²) < 4.78 is 1.86. The number of aliphatic hydroxyl groups excluding tert-OH is 1. The smallest absolute Gasteiger partial charge is 0.352 e. The van der Waals surface area contributed by atoms with Crippen LogP contribution < -0.4 is 9.88 Å². The van der Waals surface area contributed by atoms with E-state index in [1.807, 2.05) is 29.1 Å². The summed E-state index contributed by atoms with van der Waals surface area (Å²) in [6.07, 6.45) is 4.06. The van der Waals surface area contributed by atoms with Crippen molar-refractivity contribution in [2.24, 2.45) is 0 Å². The number of rotatable bonds is 9. The average Bonchev–Trinajstić information content (AvgIpc) is 2.81. The summed E-state index contributed by atoms with van der Waals surface area (Å²) in [4.78, 5) is 31.7. The van der Waals surface area contributed by atoms with Gasteiger partial charge in [-0.1, -0.05) is 35.4 Å². The van der Waals surface area contributed by atoms with Gasteiger partial charge in [0.25, 0.3) is 5.91 Å². The first-order valence-corrected chi connectivity index (χ1v) is 13.7. The highest BCUT2D eigenvalue weighted by Gasteiger charge is 2.53. The quantitative estimate of drug-likeness (QED) is 0.137. The van der Waals surface area contributed by atoms with E-state index in [1.54, 1.807) is 12.1 Å². The fourth-order valence-electron chi connectivity index (χ4n) is 3.80. The predicted molar refractivity (Wildman–Crippen MR) is 140 cm³/mol. The second-order valence-corrected chi connectivity index (χ2v) is 11.2. The highest BCUT2D eigenvalue weighted by molar-refractivity contribution is 8.01. The van der Waals surface area contributed by atoms with Crippen molar-refractivity contribution in [1.82, 2.24) is 15.2 Å². The zero-order valence-electron chi connectivity index (χ0n) is 18.2. The van der Waals surface area contributed by atoms with E-state index in [0.29, 0.717) is 35.0 Å². The minimum atomic E-state index is -1.12. The molecule has 13 heteroatoms. The summed E-state index contributed by atoms with van der Waals surface area (Å²) in [6, 6.07) is 6.54. The molecule has 3 N–H and O–H groups in total. The molecule has 2 atom stereocenters. The Labute approximate surface area is 225 Å². The zero-order valence-corrected chi connectivity index (χ0v) is 22.1. The number of carboxylic acid groups (broad SMARTS) is 1. The van der Waals surface area contributed by atoms with Crippen molar-refractivity contribution < 1.29 is 24.4 Å². The number of halogens is 2. The number of hydrogen-bond acceptors (Lipinski definition) is 7. The molecule has 0 saturated carbocycles. The van der Waals surface area contributed by atoms with E-state index >= 15 is 0 Å². The lowest BCUT2D eigenvalue weighted by atomic mass is 10.0. The van der Waals surface area contributed by atoms with E-state index in [4.69, 9.17) is 40.5 Å². The topological polar surface area (TPSA) is 107 Å². The molecule has 8 nitrogen and oxygen atoms in total. The third-order valence-corrected chi connectivity index (χ3v) is 8.47. The predicted octanol–water partition coefficient (Wildman–Crippen LogP) is 2.54. The number of aliphatic carboxylic acids is 1. The summed E-state index contributed by atoms with van der Waals surface area (Å²) in [7, 11) is 0. The van der Waals surface area contributed by atoms with Crippen molar-refractivity contribution in [3.8, 4) is 0 Å². The molecular formula is C22H21Cl2N4O4S3+. The van der Waals surface area contributed by atoms with Crippen molar-refractivity contribution in [2.75, 3.05) is 18.1 Å². The van der Waals surface area contributed by atoms with Crippen LogP contribution in [-0.2, 0) is 22.6 Å². The molecule has 0 aliphatic carbocycles. The summed E-state index contributed by atoms with van der Waals surface area (Å²) in [5.74, 6) is -0.480. The van der Waals surface area contributed by atoms with Gasteiger partial charge in [0, 0.05) is 35.0 Å². The Morgan fingerprint density at radius 3 is 2.63 bits per heavy atom. The van der Waals surface area contributed by atoms with E-state index in [0.717, 1.165) is 10.5 Å². The van der Waals surface area contributed by atoms with Gasteiger partial charge in [-0.05, 0) is 23.3 Å². The lowest BCUT2D eigenvalue weighted by Crippen LogP contribution is -2.70. The molecule has 1 amide bonds. The van der Waals surface area contributed by atoms with Gasteiger partial charge >= 0.3 is 5.97 Å². The van der Waals surface area contributed by atoms with Crippen molar-refractivity contribution in [2.45, 2.75) is 29.3 Å². The summed E-state index contributed by atoms with van der Waals surface area (Å²) in [5, 5.41) is 22.1. The molecule has 35 heavy (non-hydrogen) atoms. The highest BCUT2D eigenvalue weighted by Crippen LogP contribution is 2.41. The van der Waals surface area contributed by atoms with Gasteiger partial charge in [0.2, 0.25) is 0 Å². The Balaban J connectivity index is 1.41. The first-order chi connectivity index (χ1) is 16.8. The van der Waals surface area contributed by atoms with Crippen molar-refractivity contribution in [1.29, 1.82) is 0 Å². The van der Waals surface area contributed by atoms with Gasteiger partial charge < -0.3 is 15.5 Å². The number of thioether (sulfide) groups is 2. The van der Waals surface area contributed by atoms with Gasteiger partial charge in [-0.15, -0.1) is 23.5 Å². The summed E-state index contributed by atoms with van der Waals surface area (Å²) in [6.45, 7) is 0.568. The molecule has 0 spiro atoms. The minimum absolute atomic E-state index is 0.0502. The van der Waals surface area contributed by atoms with Crippen LogP contribution in [0.2, 0.25) is 10.3 Å². The number of fused-ring (bicyclic) bond motifs is 1. The lowest BCUT2D eigenvalue weighted by molar-refractivity contribution is -0.698. The van der Waals surface area contributed by atoms with Gasteiger partial charge in [-0.3, -0.25) is 9.69 Å². The van der Waals surface area contributed by atoms with Gasteiger partial charge in [0.05, 0.1) is 4.99 Å². The van der Waals surface area contributed by atoms with Crippen LogP contribution in [0.5, 0.6) is 0 Å². The largest absolute Gasteiger partial charge is 0.477 e. The van der Waals surface area contributed by atoms with Gasteiger partial charge in [0.15, 0.2) is 18.9 Å². The van der Waals surface area contributed by atoms with Gasteiger partial charge in [-0.2, -0.15) is 0 Å². The number of β-lactam (4-membered cyclic amide) rings is 1. The number of carboxylic acids is 1. The molecule has 0 aromatic carbocycles. The summed E-state index contributed by atoms with van der Waals surface area (Å²) in [5.41, 5.74) is 1.51. The average molecular weight is 573 g/mol. The molecule has 0 bridgehead atoms. The lowest BCUT2D eigenvalue weighted by Gasteiger charge is -2.49. The molecule has 2 aromatic heterocycles. The molecule has 2 aliphatic heterocycles. The Kier molecular flexibility index (Phi) is 8.56. The van der Waals surface area contributed by atoms with Crippen LogP contribution in [0, 0.1) is 0 Å². The molecule has 0 radical (unpaired) electrons. The second-order valence-electron chi connectivity index (χ2n) is 7.79. The fourth-order valence-corrected chi connectivity index (χ4v) is 6.96. The van der Waals surface area contributed by atoms with E-state index in [2.05, 4.69) is 10.3 Å². The molecule has 4 heterocycles. The molecule has 2 aromatic rings. The number of aromatic nitrogens is 2. The normalized spacial score (nSPS) is 19.3. The number of carbonyl (C=O) groups is 2. The summed E-state index contributed by atoms with van der Waals surface area (Å²) >= 11 is 20.3. The Hall–Kier alpha value is -1.89. The maximum atomic E-state index is 12.9. The Morgan fingerprint density at radius 1 is 1.31 bits per heavy atom. The second kappa shape index (κ2) is 11.4. The third-order valence-electron chi connectivity index (χ3n) is 5.39. The first-order valence-electron chi connectivity index (χ1n) is 10.5. The third kappa shape index (κ3) is 6.10.